The highest BCUT2D eigenvalue weighted by Gasteiger charge is 2.46. The van der Waals surface area contributed by atoms with Gasteiger partial charge in [-0.1, -0.05) is 30.3 Å². The maximum absolute atomic E-state index is 14.2. The minimum atomic E-state index is -0.460. The summed E-state index contributed by atoms with van der Waals surface area (Å²) in [6.07, 6.45) is 0. The van der Waals surface area contributed by atoms with E-state index in [2.05, 4.69) is 11.0 Å². The van der Waals surface area contributed by atoms with Gasteiger partial charge in [0, 0.05) is 62.0 Å². The van der Waals surface area contributed by atoms with Crippen molar-refractivity contribution in [2.75, 3.05) is 58.5 Å². The standard InChI is InChI=1S/C28H31N3O4S/c1-34-17-16-31-26(24-11-6-18-36-24)25(22-9-3-4-10-23(22)27(31)32)28(33)30-14-12-29(13-15-30)20-7-5-8-21(19-20)35-2/h3-11,18-19,25-26H,12-17H2,1-2H3. The number of hydrogen-bond acceptors (Lipinski definition) is 6. The van der Waals surface area contributed by atoms with Gasteiger partial charge in [-0.25, -0.2) is 0 Å². The first-order chi connectivity index (χ1) is 17.6. The van der Waals surface area contributed by atoms with Gasteiger partial charge in [-0.2, -0.15) is 0 Å². The van der Waals surface area contributed by atoms with Crippen LogP contribution in [0, 0.1) is 0 Å². The largest absolute Gasteiger partial charge is 0.497 e. The Morgan fingerprint density at radius 3 is 2.53 bits per heavy atom. The van der Waals surface area contributed by atoms with Gasteiger partial charge in [-0.15, -0.1) is 11.3 Å². The van der Waals surface area contributed by atoms with Crippen LogP contribution in [0.25, 0.3) is 0 Å². The van der Waals surface area contributed by atoms with Gasteiger partial charge in [0.25, 0.3) is 5.91 Å². The average molecular weight is 506 g/mol. The fraction of sp³-hybridized carbons (Fsp3) is 0.357. The summed E-state index contributed by atoms with van der Waals surface area (Å²) in [5.74, 6) is 0.385. The molecule has 1 saturated heterocycles. The molecule has 0 radical (unpaired) electrons. The minimum absolute atomic E-state index is 0.0482. The van der Waals surface area contributed by atoms with Crippen LogP contribution in [0.3, 0.4) is 0 Å². The molecular weight excluding hydrogens is 474 g/mol. The Kier molecular flexibility index (Phi) is 7.25. The number of fused-ring (bicyclic) bond motifs is 1. The van der Waals surface area contributed by atoms with E-state index in [9.17, 15) is 9.59 Å². The van der Waals surface area contributed by atoms with E-state index in [-0.39, 0.29) is 17.9 Å². The number of carbonyl (C=O) groups excluding carboxylic acids is 2. The maximum Gasteiger partial charge on any atom is 0.254 e. The number of nitrogens with zero attached hydrogens (tertiary/aromatic N) is 3. The van der Waals surface area contributed by atoms with E-state index < -0.39 is 5.92 Å². The SMILES string of the molecule is COCCN1C(=O)c2ccccc2C(C(=O)N2CCN(c3cccc(OC)c3)CC2)C1c1cccs1. The molecule has 7 nitrogen and oxygen atoms in total. The smallest absolute Gasteiger partial charge is 0.254 e. The van der Waals surface area contributed by atoms with Gasteiger partial charge < -0.3 is 24.2 Å². The summed E-state index contributed by atoms with van der Waals surface area (Å²) < 4.78 is 10.7. The van der Waals surface area contributed by atoms with Crippen molar-refractivity contribution in [2.24, 2.45) is 0 Å². The summed E-state index contributed by atoms with van der Waals surface area (Å²) in [4.78, 5) is 34.9. The van der Waals surface area contributed by atoms with Crippen molar-refractivity contribution < 1.29 is 19.1 Å². The molecule has 36 heavy (non-hydrogen) atoms. The van der Waals surface area contributed by atoms with E-state index in [1.54, 1.807) is 25.6 Å². The topological polar surface area (TPSA) is 62.3 Å². The number of methoxy groups -OCH3 is 2. The lowest BCUT2D eigenvalue weighted by Gasteiger charge is -2.44. The van der Waals surface area contributed by atoms with E-state index in [1.807, 2.05) is 69.8 Å². The van der Waals surface area contributed by atoms with Gasteiger partial charge in [-0.3, -0.25) is 9.59 Å². The molecule has 0 saturated carbocycles. The van der Waals surface area contributed by atoms with Gasteiger partial charge in [0.15, 0.2) is 0 Å². The number of benzene rings is 2. The van der Waals surface area contributed by atoms with E-state index in [0.717, 1.165) is 35.0 Å². The second-order valence-corrected chi connectivity index (χ2v) is 10.0. The molecule has 8 heteroatoms. The molecule has 0 bridgehead atoms. The van der Waals surface area contributed by atoms with Crippen LogP contribution in [0.2, 0.25) is 0 Å². The van der Waals surface area contributed by atoms with Gasteiger partial charge in [0.1, 0.15) is 5.75 Å². The third-order valence-electron chi connectivity index (χ3n) is 7.09. The number of piperazine rings is 1. The molecule has 0 N–H and O–H groups in total. The van der Waals surface area contributed by atoms with Crippen molar-refractivity contribution in [2.45, 2.75) is 12.0 Å². The molecule has 2 amide bonds. The van der Waals surface area contributed by atoms with Crippen LogP contribution in [0.15, 0.2) is 66.0 Å². The first-order valence-electron chi connectivity index (χ1n) is 12.2. The van der Waals surface area contributed by atoms with E-state index in [0.29, 0.717) is 31.8 Å². The Morgan fingerprint density at radius 1 is 1.00 bits per heavy atom. The first kappa shape index (κ1) is 24.3. The minimum Gasteiger partial charge on any atom is -0.497 e. The molecule has 5 rings (SSSR count). The van der Waals surface area contributed by atoms with Gasteiger partial charge in [0.05, 0.1) is 25.7 Å². The summed E-state index contributed by atoms with van der Waals surface area (Å²) in [5.41, 5.74) is 2.52. The Balaban J connectivity index is 1.44. The van der Waals surface area contributed by atoms with Gasteiger partial charge in [-0.05, 0) is 35.2 Å². The van der Waals surface area contributed by atoms with Crippen LogP contribution in [0.4, 0.5) is 5.69 Å². The molecule has 3 heterocycles. The average Bonchev–Trinajstić information content (AvgIpc) is 3.47. The monoisotopic (exact) mass is 505 g/mol. The zero-order valence-corrected chi connectivity index (χ0v) is 21.4. The maximum atomic E-state index is 14.2. The predicted octanol–water partition coefficient (Wildman–Crippen LogP) is 4.03. The van der Waals surface area contributed by atoms with Gasteiger partial charge in [0.2, 0.25) is 5.91 Å². The van der Waals surface area contributed by atoms with Crippen molar-refractivity contribution in [1.29, 1.82) is 0 Å². The highest BCUT2D eigenvalue weighted by atomic mass is 32.1. The fourth-order valence-electron chi connectivity index (χ4n) is 5.26. The first-order valence-corrected chi connectivity index (χ1v) is 13.1. The zero-order chi connectivity index (χ0) is 25.1. The number of ether oxygens (including phenoxy) is 2. The third kappa shape index (κ3) is 4.58. The van der Waals surface area contributed by atoms with E-state index >= 15 is 0 Å². The lowest BCUT2D eigenvalue weighted by molar-refractivity contribution is -0.135. The molecule has 3 aromatic rings. The second kappa shape index (κ2) is 10.7. The van der Waals surface area contributed by atoms with Crippen LogP contribution in [-0.4, -0.2) is 75.2 Å². The van der Waals surface area contributed by atoms with Gasteiger partial charge >= 0.3 is 0 Å². The predicted molar refractivity (Wildman–Crippen MR) is 141 cm³/mol. The van der Waals surface area contributed by atoms with Crippen LogP contribution in [-0.2, 0) is 9.53 Å². The van der Waals surface area contributed by atoms with Crippen LogP contribution < -0.4 is 9.64 Å². The molecule has 2 atom stereocenters. The highest BCUT2D eigenvalue weighted by Crippen LogP contribution is 2.45. The molecule has 2 unspecified atom stereocenters. The number of amides is 2. The molecule has 2 aromatic carbocycles. The molecule has 2 aliphatic rings. The molecule has 1 aromatic heterocycles. The molecule has 1 fully saturated rings. The number of carbonyl (C=O) groups is 2. The lowest BCUT2D eigenvalue weighted by Crippen LogP contribution is -2.53. The van der Waals surface area contributed by atoms with Crippen LogP contribution in [0.1, 0.15) is 32.8 Å². The number of hydrogen-bond donors (Lipinski definition) is 0. The van der Waals surface area contributed by atoms with E-state index in [1.165, 1.54) is 0 Å². The summed E-state index contributed by atoms with van der Waals surface area (Å²) in [5, 5.41) is 2.00. The quantitative estimate of drug-likeness (QED) is 0.485. The Morgan fingerprint density at radius 2 is 1.81 bits per heavy atom. The highest BCUT2D eigenvalue weighted by molar-refractivity contribution is 7.10. The number of thiophene rings is 1. The Hall–Kier alpha value is -3.36. The van der Waals surface area contributed by atoms with Crippen LogP contribution in [0.5, 0.6) is 5.75 Å². The Bertz CT molecular complexity index is 1210. The summed E-state index contributed by atoms with van der Waals surface area (Å²) >= 11 is 1.59. The number of rotatable bonds is 7. The second-order valence-electron chi connectivity index (χ2n) is 9.03. The molecular formula is C28H31N3O4S. The lowest BCUT2D eigenvalue weighted by atomic mass is 9.81. The summed E-state index contributed by atoms with van der Waals surface area (Å²) in [6.45, 7) is 3.57. The van der Waals surface area contributed by atoms with Crippen molar-refractivity contribution in [3.8, 4) is 5.75 Å². The summed E-state index contributed by atoms with van der Waals surface area (Å²) in [6, 6.07) is 19.2. The normalized spacial score (nSPS) is 19.8. The molecule has 0 aliphatic carbocycles. The third-order valence-corrected chi connectivity index (χ3v) is 8.03. The van der Waals surface area contributed by atoms with Crippen molar-refractivity contribution >= 4 is 28.8 Å². The fourth-order valence-corrected chi connectivity index (χ4v) is 6.13. The van der Waals surface area contributed by atoms with E-state index in [4.69, 9.17) is 9.47 Å². The molecule has 2 aliphatic heterocycles. The molecule has 188 valence electrons. The molecule has 0 spiro atoms. The zero-order valence-electron chi connectivity index (χ0n) is 20.6. The van der Waals surface area contributed by atoms with Crippen LogP contribution >= 0.6 is 11.3 Å². The van der Waals surface area contributed by atoms with Crippen molar-refractivity contribution in [3.63, 3.8) is 0 Å². The van der Waals surface area contributed by atoms with Crippen molar-refractivity contribution in [3.05, 3.63) is 82.0 Å². The number of anilines is 1. The Labute approximate surface area is 215 Å². The summed E-state index contributed by atoms with van der Waals surface area (Å²) in [7, 11) is 3.30. The van der Waals surface area contributed by atoms with Crippen molar-refractivity contribution in [1.82, 2.24) is 9.80 Å².